The summed E-state index contributed by atoms with van der Waals surface area (Å²) in [6, 6.07) is 1.03. The molecule has 2 aliphatic carbocycles. The van der Waals surface area contributed by atoms with Gasteiger partial charge in [-0.25, -0.2) is 4.98 Å². The molecular formula is C33H48N6O2. The average molecular weight is 561 g/mol. The normalized spacial score (nSPS) is 27.4. The molecule has 0 bridgehead atoms. The Hall–Kier alpha value is -2.60. The molecule has 0 spiro atoms. The third kappa shape index (κ3) is 6.28. The topological polar surface area (TPSA) is 77.0 Å². The molecule has 8 nitrogen and oxygen atoms in total. The van der Waals surface area contributed by atoms with Gasteiger partial charge in [-0.05, 0) is 90.0 Å². The van der Waals surface area contributed by atoms with Gasteiger partial charge < -0.3 is 29.9 Å². The van der Waals surface area contributed by atoms with Gasteiger partial charge in [0.15, 0.2) is 0 Å². The van der Waals surface area contributed by atoms with E-state index in [1.54, 1.807) is 7.11 Å². The summed E-state index contributed by atoms with van der Waals surface area (Å²) >= 11 is 0. The van der Waals surface area contributed by atoms with E-state index in [4.69, 9.17) is 14.7 Å². The molecule has 5 aliphatic rings. The molecule has 4 fully saturated rings. The Kier molecular flexibility index (Phi) is 8.57. The van der Waals surface area contributed by atoms with Gasteiger partial charge in [-0.1, -0.05) is 11.8 Å². The lowest BCUT2D eigenvalue weighted by atomic mass is 10.0. The van der Waals surface area contributed by atoms with Crippen LogP contribution in [0.2, 0.25) is 0 Å². The highest BCUT2D eigenvalue weighted by Crippen LogP contribution is 2.51. The molecule has 1 saturated carbocycles. The molecular weight excluding hydrogens is 512 g/mol. The van der Waals surface area contributed by atoms with Crippen molar-refractivity contribution in [3.63, 3.8) is 0 Å². The lowest BCUT2D eigenvalue weighted by molar-refractivity contribution is 0.155. The standard InChI is InChI=1S/C33H48N6O2/c1-22(2)38-17-12-26(13-18-38)34-32-27-10-11-30(41-4)24(9-5-6-14-37-15-7-8-16-37)20-29(27)35-33(36-32)39-21-25-19-28(25)31(39)23(3)40/h11,20,22-23,25-26,28,31,40H,6-8,10,12-19,21H2,1-4H3,(H,34,35,36)/t23-,25+,28+,31+/m1/s1. The van der Waals surface area contributed by atoms with Gasteiger partial charge in [0, 0.05) is 56.7 Å². The quantitative estimate of drug-likeness (QED) is 0.464. The van der Waals surface area contributed by atoms with E-state index in [-0.39, 0.29) is 6.04 Å². The maximum absolute atomic E-state index is 10.7. The summed E-state index contributed by atoms with van der Waals surface area (Å²) in [6.45, 7) is 13.0. The van der Waals surface area contributed by atoms with Crippen LogP contribution in [-0.2, 0) is 11.2 Å². The minimum absolute atomic E-state index is 0.0763. The number of hydrogen-bond acceptors (Lipinski definition) is 8. The van der Waals surface area contributed by atoms with Gasteiger partial charge in [0.1, 0.15) is 11.6 Å². The molecule has 3 saturated heterocycles. The van der Waals surface area contributed by atoms with Crippen molar-refractivity contribution >= 4 is 17.8 Å². The summed E-state index contributed by atoms with van der Waals surface area (Å²) in [6.07, 6.45) is 11.4. The molecule has 0 radical (unpaired) electrons. The molecule has 0 unspecified atom stereocenters. The number of likely N-dealkylation sites (tertiary alicyclic amines) is 2. The molecule has 1 aromatic heterocycles. The van der Waals surface area contributed by atoms with E-state index < -0.39 is 6.10 Å². The molecule has 2 N–H and O–H groups in total. The van der Waals surface area contributed by atoms with Gasteiger partial charge >= 0.3 is 0 Å². The Morgan fingerprint density at radius 2 is 1.90 bits per heavy atom. The van der Waals surface area contributed by atoms with Crippen molar-refractivity contribution in [3.05, 3.63) is 28.7 Å². The molecule has 0 amide bonds. The van der Waals surface area contributed by atoms with Crippen LogP contribution in [0.25, 0.3) is 6.08 Å². The van der Waals surface area contributed by atoms with E-state index in [1.807, 2.05) is 6.92 Å². The van der Waals surface area contributed by atoms with Crippen LogP contribution >= 0.6 is 0 Å². The Balaban J connectivity index is 1.31. The molecule has 4 heterocycles. The van der Waals surface area contributed by atoms with Crippen molar-refractivity contribution < 1.29 is 9.84 Å². The van der Waals surface area contributed by atoms with Crippen LogP contribution in [0.15, 0.2) is 17.4 Å². The number of aromatic nitrogens is 2. The largest absolute Gasteiger partial charge is 0.496 e. The number of allylic oxidation sites excluding steroid dienone is 2. The third-order valence-electron chi connectivity index (χ3n) is 9.82. The number of anilines is 2. The Morgan fingerprint density at radius 3 is 2.61 bits per heavy atom. The first-order valence-electron chi connectivity index (χ1n) is 15.9. The minimum atomic E-state index is -0.416. The first-order chi connectivity index (χ1) is 19.9. The first-order valence-corrected chi connectivity index (χ1v) is 15.9. The van der Waals surface area contributed by atoms with Crippen molar-refractivity contribution in [3.8, 4) is 11.8 Å². The summed E-state index contributed by atoms with van der Waals surface area (Å²) in [5.41, 5.74) is 2.89. The van der Waals surface area contributed by atoms with Crippen molar-refractivity contribution in [1.29, 1.82) is 0 Å². The number of piperidine rings is 2. The van der Waals surface area contributed by atoms with E-state index in [0.29, 0.717) is 30.3 Å². The second-order valence-electron chi connectivity index (χ2n) is 13.0. The lowest BCUT2D eigenvalue weighted by Crippen LogP contribution is -2.43. The number of aliphatic hydroxyl groups is 1. The van der Waals surface area contributed by atoms with Crippen LogP contribution in [0.5, 0.6) is 0 Å². The number of hydrogen-bond donors (Lipinski definition) is 2. The fraction of sp³-hybridized carbons (Fsp3) is 0.697. The number of rotatable bonds is 8. The molecule has 222 valence electrons. The smallest absolute Gasteiger partial charge is 0.228 e. The van der Waals surface area contributed by atoms with Gasteiger partial charge in [0.2, 0.25) is 5.95 Å². The van der Waals surface area contributed by atoms with Crippen molar-refractivity contribution in [1.82, 2.24) is 19.8 Å². The summed E-state index contributed by atoms with van der Waals surface area (Å²) in [4.78, 5) is 17.7. The maximum Gasteiger partial charge on any atom is 0.228 e. The second-order valence-corrected chi connectivity index (χ2v) is 13.0. The Labute approximate surface area is 246 Å². The number of nitrogens with one attached hydrogen (secondary N) is 1. The predicted molar refractivity (Wildman–Crippen MR) is 165 cm³/mol. The molecule has 8 heteroatoms. The van der Waals surface area contributed by atoms with E-state index in [0.717, 1.165) is 79.8 Å². The van der Waals surface area contributed by atoms with Crippen molar-refractivity contribution in [2.45, 2.75) is 89.9 Å². The minimum Gasteiger partial charge on any atom is -0.496 e. The third-order valence-corrected chi connectivity index (χ3v) is 9.82. The van der Waals surface area contributed by atoms with E-state index >= 15 is 0 Å². The van der Waals surface area contributed by atoms with E-state index in [1.165, 1.54) is 32.4 Å². The van der Waals surface area contributed by atoms with Gasteiger partial charge in [0.05, 0.1) is 30.5 Å². The molecule has 6 rings (SSSR count). The van der Waals surface area contributed by atoms with Crippen LogP contribution in [0, 0.1) is 23.7 Å². The number of fused-ring (bicyclic) bond motifs is 2. The average Bonchev–Trinajstić information content (AvgIpc) is 3.37. The number of aliphatic hydroxyl groups excluding tert-OH is 1. The van der Waals surface area contributed by atoms with Crippen LogP contribution < -0.4 is 10.2 Å². The monoisotopic (exact) mass is 560 g/mol. The number of nitrogens with zero attached hydrogens (tertiary/aromatic N) is 5. The number of methoxy groups -OCH3 is 1. The van der Waals surface area contributed by atoms with Crippen molar-refractivity contribution in [2.24, 2.45) is 11.8 Å². The summed E-state index contributed by atoms with van der Waals surface area (Å²) < 4.78 is 5.83. The predicted octanol–water partition coefficient (Wildman–Crippen LogP) is 3.93. The zero-order chi connectivity index (χ0) is 28.5. The molecule has 0 aromatic carbocycles. The van der Waals surface area contributed by atoms with Crippen LogP contribution in [0.4, 0.5) is 11.8 Å². The summed E-state index contributed by atoms with van der Waals surface area (Å²) in [7, 11) is 1.73. The van der Waals surface area contributed by atoms with Crippen LogP contribution in [-0.4, -0.2) is 95.5 Å². The van der Waals surface area contributed by atoms with Crippen LogP contribution in [0.3, 0.4) is 0 Å². The Bertz CT molecular complexity index is 1220. The Morgan fingerprint density at radius 1 is 1.12 bits per heavy atom. The zero-order valence-electron chi connectivity index (χ0n) is 25.4. The van der Waals surface area contributed by atoms with Crippen LogP contribution in [0.1, 0.15) is 70.6 Å². The lowest BCUT2D eigenvalue weighted by Gasteiger charge is -2.35. The fourth-order valence-electron chi connectivity index (χ4n) is 7.33. The highest BCUT2D eigenvalue weighted by Gasteiger charge is 2.55. The second kappa shape index (κ2) is 12.3. The zero-order valence-corrected chi connectivity index (χ0v) is 25.4. The molecule has 3 aliphatic heterocycles. The summed E-state index contributed by atoms with van der Waals surface area (Å²) in [5.74, 6) is 10.5. The number of ether oxygens (including phenoxy) is 1. The van der Waals surface area contributed by atoms with Gasteiger partial charge in [-0.3, -0.25) is 0 Å². The maximum atomic E-state index is 10.7. The van der Waals surface area contributed by atoms with E-state index in [9.17, 15) is 5.11 Å². The highest BCUT2D eigenvalue weighted by atomic mass is 16.5. The van der Waals surface area contributed by atoms with Gasteiger partial charge in [-0.2, -0.15) is 4.98 Å². The molecule has 4 atom stereocenters. The summed E-state index contributed by atoms with van der Waals surface area (Å²) in [5, 5.41) is 14.5. The molecule has 1 aromatic rings. The molecule has 41 heavy (non-hydrogen) atoms. The fourth-order valence-corrected chi connectivity index (χ4v) is 7.33. The van der Waals surface area contributed by atoms with E-state index in [2.05, 4.69) is 57.9 Å². The van der Waals surface area contributed by atoms with Crippen molar-refractivity contribution in [2.75, 3.05) is 56.6 Å². The van der Waals surface area contributed by atoms with Gasteiger partial charge in [-0.15, -0.1) is 0 Å². The first kappa shape index (κ1) is 28.5. The highest BCUT2D eigenvalue weighted by molar-refractivity contribution is 5.70. The SMILES string of the molecule is COC1=CCc2c(nc(N3C[C@@H]4C[C@@H]4[C@@H]3[C@@H](C)O)nc2NC2CCN(C(C)C)CC2)C=C1C#CCCN1CCCC1. The van der Waals surface area contributed by atoms with Gasteiger partial charge in [0.25, 0.3) is 0 Å².